The van der Waals surface area contributed by atoms with E-state index < -0.39 is 0 Å². The molecule has 3 rings (SSSR count). The van der Waals surface area contributed by atoms with Gasteiger partial charge in [-0.15, -0.1) is 0 Å². The van der Waals surface area contributed by atoms with E-state index in [9.17, 15) is 0 Å². The van der Waals surface area contributed by atoms with Crippen molar-refractivity contribution >= 4 is 0 Å². The van der Waals surface area contributed by atoms with E-state index >= 15 is 0 Å². The van der Waals surface area contributed by atoms with Crippen molar-refractivity contribution in [3.8, 4) is 0 Å². The number of aryl methyl sites for hydroxylation is 1. The molecule has 2 nitrogen and oxygen atoms in total. The van der Waals surface area contributed by atoms with E-state index in [0.717, 1.165) is 42.4 Å². The molecule has 2 fully saturated rings. The van der Waals surface area contributed by atoms with Crippen molar-refractivity contribution in [3.05, 3.63) is 23.7 Å². The van der Waals surface area contributed by atoms with Gasteiger partial charge in [-0.05, 0) is 43.2 Å². The van der Waals surface area contributed by atoms with Crippen LogP contribution in [-0.2, 0) is 13.0 Å². The highest BCUT2D eigenvalue weighted by molar-refractivity contribution is 5.07. The molecule has 2 heteroatoms. The van der Waals surface area contributed by atoms with Gasteiger partial charge in [0, 0.05) is 12.5 Å². The van der Waals surface area contributed by atoms with Gasteiger partial charge in [0.25, 0.3) is 0 Å². The Labute approximate surface area is 97.4 Å². The highest BCUT2D eigenvalue weighted by Crippen LogP contribution is 2.44. The second-order valence-corrected chi connectivity index (χ2v) is 5.38. The molecule has 0 saturated heterocycles. The highest BCUT2D eigenvalue weighted by Gasteiger charge is 2.39. The van der Waals surface area contributed by atoms with Crippen molar-refractivity contribution in [3.63, 3.8) is 0 Å². The van der Waals surface area contributed by atoms with Gasteiger partial charge in [-0.3, -0.25) is 0 Å². The zero-order valence-corrected chi connectivity index (χ0v) is 10.0. The maximum atomic E-state index is 5.71. The molecule has 0 amide bonds. The van der Waals surface area contributed by atoms with Gasteiger partial charge in [0.05, 0.1) is 6.54 Å². The first-order chi connectivity index (χ1) is 7.85. The first-order valence-corrected chi connectivity index (χ1v) is 6.66. The molecule has 2 saturated carbocycles. The molecule has 88 valence electrons. The second-order valence-electron chi connectivity index (χ2n) is 5.38. The highest BCUT2D eigenvalue weighted by atomic mass is 16.3. The fourth-order valence-electron chi connectivity index (χ4n) is 3.43. The van der Waals surface area contributed by atoms with Crippen LogP contribution in [0.25, 0.3) is 0 Å². The Morgan fingerprint density at radius 2 is 2.12 bits per heavy atom. The Hall–Kier alpha value is -0.760. The average molecular weight is 219 g/mol. The molecule has 2 aliphatic rings. The molecule has 16 heavy (non-hydrogen) atoms. The lowest BCUT2D eigenvalue weighted by Crippen LogP contribution is -2.33. The minimum Gasteiger partial charge on any atom is -0.465 e. The zero-order chi connectivity index (χ0) is 11.0. The monoisotopic (exact) mass is 219 g/mol. The number of furan rings is 1. The van der Waals surface area contributed by atoms with Crippen molar-refractivity contribution in [1.29, 1.82) is 0 Å². The largest absolute Gasteiger partial charge is 0.465 e. The third kappa shape index (κ3) is 1.91. The molecule has 0 spiro atoms. The van der Waals surface area contributed by atoms with Crippen LogP contribution >= 0.6 is 0 Å². The molecule has 0 radical (unpaired) electrons. The topological polar surface area (TPSA) is 25.2 Å². The Bertz CT molecular complexity index is 357. The average Bonchev–Trinajstić information content (AvgIpc) is 3.02. The molecule has 2 aliphatic carbocycles. The van der Waals surface area contributed by atoms with Crippen LogP contribution in [0.15, 0.2) is 16.5 Å². The maximum Gasteiger partial charge on any atom is 0.117 e. The van der Waals surface area contributed by atoms with Crippen molar-refractivity contribution < 1.29 is 4.42 Å². The first kappa shape index (κ1) is 10.4. The minimum atomic E-state index is 0.758. The number of nitrogens with one attached hydrogen (secondary N) is 1. The number of hydrogen-bond donors (Lipinski definition) is 1. The lowest BCUT2D eigenvalue weighted by molar-refractivity contribution is 0.335. The van der Waals surface area contributed by atoms with E-state index in [1.807, 2.05) is 0 Å². The summed E-state index contributed by atoms with van der Waals surface area (Å²) in [4.78, 5) is 0. The van der Waals surface area contributed by atoms with Gasteiger partial charge < -0.3 is 9.73 Å². The van der Waals surface area contributed by atoms with Crippen molar-refractivity contribution in [2.24, 2.45) is 11.8 Å². The van der Waals surface area contributed by atoms with E-state index in [-0.39, 0.29) is 0 Å². The Balaban J connectivity index is 1.53. The van der Waals surface area contributed by atoms with Gasteiger partial charge in [0.2, 0.25) is 0 Å². The molecule has 3 atom stereocenters. The summed E-state index contributed by atoms with van der Waals surface area (Å²) in [7, 11) is 0. The van der Waals surface area contributed by atoms with E-state index in [2.05, 4.69) is 24.4 Å². The minimum absolute atomic E-state index is 0.758. The molecule has 1 aromatic heterocycles. The molecule has 0 aliphatic heterocycles. The molecular weight excluding hydrogens is 198 g/mol. The predicted molar refractivity (Wildman–Crippen MR) is 64.2 cm³/mol. The van der Waals surface area contributed by atoms with Crippen LogP contribution in [0.4, 0.5) is 0 Å². The van der Waals surface area contributed by atoms with Gasteiger partial charge >= 0.3 is 0 Å². The molecule has 1 aromatic rings. The van der Waals surface area contributed by atoms with E-state index in [0.29, 0.717) is 0 Å². The molecular formula is C14H21NO. The van der Waals surface area contributed by atoms with Crippen LogP contribution in [0, 0.1) is 11.8 Å². The molecule has 1 heterocycles. The number of rotatable bonds is 4. The summed E-state index contributed by atoms with van der Waals surface area (Å²) in [6.07, 6.45) is 6.78. The van der Waals surface area contributed by atoms with Gasteiger partial charge in [-0.1, -0.05) is 13.3 Å². The van der Waals surface area contributed by atoms with Crippen molar-refractivity contribution in [2.75, 3.05) is 0 Å². The van der Waals surface area contributed by atoms with Gasteiger partial charge in [-0.2, -0.15) is 0 Å². The van der Waals surface area contributed by atoms with Crippen LogP contribution < -0.4 is 5.32 Å². The van der Waals surface area contributed by atoms with Crippen molar-refractivity contribution in [2.45, 2.75) is 51.6 Å². The molecule has 0 aromatic carbocycles. The summed E-state index contributed by atoms with van der Waals surface area (Å²) in [6.45, 7) is 3.04. The van der Waals surface area contributed by atoms with Crippen LogP contribution in [0.3, 0.4) is 0 Å². The summed E-state index contributed by atoms with van der Waals surface area (Å²) in [5, 5.41) is 3.67. The van der Waals surface area contributed by atoms with Crippen LogP contribution in [-0.4, -0.2) is 6.04 Å². The number of hydrogen-bond acceptors (Lipinski definition) is 2. The maximum absolute atomic E-state index is 5.71. The van der Waals surface area contributed by atoms with Gasteiger partial charge in [-0.25, -0.2) is 0 Å². The molecule has 3 unspecified atom stereocenters. The predicted octanol–water partition coefficient (Wildman–Crippen LogP) is 3.12. The normalized spacial score (nSPS) is 32.4. The smallest absolute Gasteiger partial charge is 0.117 e. The zero-order valence-electron chi connectivity index (χ0n) is 10.0. The van der Waals surface area contributed by atoms with Gasteiger partial charge in [0.1, 0.15) is 11.5 Å². The summed E-state index contributed by atoms with van der Waals surface area (Å²) >= 11 is 0. The standard InChI is InChI=1S/C14H21NO/c1-2-12-5-6-13(16-12)9-15-14-8-10-3-4-11(14)7-10/h5-6,10-11,14-15H,2-4,7-9H2,1H3. The third-order valence-corrected chi connectivity index (χ3v) is 4.34. The third-order valence-electron chi connectivity index (χ3n) is 4.34. The molecule has 2 bridgehead atoms. The summed E-state index contributed by atoms with van der Waals surface area (Å²) in [5.41, 5.74) is 0. The lowest BCUT2D eigenvalue weighted by atomic mass is 9.95. The van der Waals surface area contributed by atoms with Crippen molar-refractivity contribution in [1.82, 2.24) is 5.32 Å². The fourth-order valence-corrected chi connectivity index (χ4v) is 3.43. The summed E-state index contributed by atoms with van der Waals surface area (Å²) in [5.74, 6) is 4.17. The second kappa shape index (κ2) is 4.25. The van der Waals surface area contributed by atoms with E-state index in [1.54, 1.807) is 0 Å². The Morgan fingerprint density at radius 1 is 1.25 bits per heavy atom. The summed E-state index contributed by atoms with van der Waals surface area (Å²) in [6, 6.07) is 4.96. The van der Waals surface area contributed by atoms with E-state index in [1.165, 1.54) is 25.7 Å². The van der Waals surface area contributed by atoms with E-state index in [4.69, 9.17) is 4.42 Å². The van der Waals surface area contributed by atoms with Gasteiger partial charge in [0.15, 0.2) is 0 Å². The first-order valence-electron chi connectivity index (χ1n) is 6.66. The SMILES string of the molecule is CCc1ccc(CNC2CC3CCC2C3)o1. The molecule has 1 N–H and O–H groups in total. The quantitative estimate of drug-likeness (QED) is 0.841. The lowest BCUT2D eigenvalue weighted by Gasteiger charge is -2.22. The van der Waals surface area contributed by atoms with Crippen LogP contribution in [0.2, 0.25) is 0 Å². The van der Waals surface area contributed by atoms with Crippen LogP contribution in [0.5, 0.6) is 0 Å². The number of fused-ring (bicyclic) bond motifs is 2. The Kier molecular flexibility index (Phi) is 2.76. The fraction of sp³-hybridized carbons (Fsp3) is 0.714. The van der Waals surface area contributed by atoms with Crippen LogP contribution in [0.1, 0.15) is 44.1 Å². The Morgan fingerprint density at radius 3 is 2.75 bits per heavy atom. The summed E-state index contributed by atoms with van der Waals surface area (Å²) < 4.78 is 5.71.